The van der Waals surface area contributed by atoms with Crippen molar-refractivity contribution in [1.29, 1.82) is 0 Å². The van der Waals surface area contributed by atoms with Gasteiger partial charge in [-0.05, 0) is 23.9 Å². The Balaban J connectivity index is 1.87. The second kappa shape index (κ2) is 5.88. The van der Waals surface area contributed by atoms with E-state index in [-0.39, 0.29) is 11.1 Å². The van der Waals surface area contributed by atoms with Gasteiger partial charge in [0.15, 0.2) is 0 Å². The smallest absolute Gasteiger partial charge is 0.283 e. The normalized spacial score (nSPS) is 10.8. The summed E-state index contributed by atoms with van der Waals surface area (Å²) in [6, 6.07) is 8.76. The summed E-state index contributed by atoms with van der Waals surface area (Å²) in [5.74, 6) is 0.409. The predicted octanol–water partition coefficient (Wildman–Crippen LogP) is 3.57. The van der Waals surface area contributed by atoms with Crippen LogP contribution in [0.4, 0.5) is 5.95 Å². The lowest BCUT2D eigenvalue weighted by molar-refractivity contribution is 0.465. The average Bonchev–Trinajstić information content (AvgIpc) is 2.86. The molecule has 0 saturated carbocycles. The van der Waals surface area contributed by atoms with E-state index in [9.17, 15) is 0 Å². The number of halogens is 2. The van der Waals surface area contributed by atoms with Gasteiger partial charge in [-0.15, -0.1) is 10.2 Å². The first-order valence-corrected chi connectivity index (χ1v) is 7.25. The molecule has 0 aliphatic carbocycles. The van der Waals surface area contributed by atoms with Gasteiger partial charge in [0.25, 0.3) is 5.22 Å². The summed E-state index contributed by atoms with van der Waals surface area (Å²) in [6.07, 6.45) is 0. The van der Waals surface area contributed by atoms with E-state index in [1.54, 1.807) is 18.2 Å². The van der Waals surface area contributed by atoms with Gasteiger partial charge in [-0.3, -0.25) is 0 Å². The molecule has 0 spiro atoms. The molecule has 0 atom stereocenters. The highest BCUT2D eigenvalue weighted by atomic mass is 35.5. The Bertz CT molecular complexity index is 775. The molecule has 21 heavy (non-hydrogen) atoms. The molecular weight excluding hydrogens is 333 g/mol. The van der Waals surface area contributed by atoms with Crippen molar-refractivity contribution in [2.24, 2.45) is 0 Å². The Morgan fingerprint density at radius 1 is 1.10 bits per heavy atom. The molecule has 6 nitrogen and oxygen atoms in total. The summed E-state index contributed by atoms with van der Waals surface area (Å²) in [7, 11) is 0. The fraction of sp³-hybridized carbons (Fsp3) is 0. The van der Waals surface area contributed by atoms with Crippen LogP contribution in [0.1, 0.15) is 0 Å². The van der Waals surface area contributed by atoms with Gasteiger partial charge in [0.05, 0.1) is 10.6 Å². The van der Waals surface area contributed by atoms with Crippen LogP contribution in [0, 0.1) is 0 Å². The minimum atomic E-state index is 0.0795. The lowest BCUT2D eigenvalue weighted by atomic mass is 10.2. The number of anilines is 1. The minimum Gasteiger partial charge on any atom is -0.411 e. The predicted molar refractivity (Wildman–Crippen MR) is 80.3 cm³/mol. The Morgan fingerprint density at radius 3 is 2.67 bits per heavy atom. The van der Waals surface area contributed by atoms with Crippen molar-refractivity contribution in [1.82, 2.24) is 20.2 Å². The van der Waals surface area contributed by atoms with Crippen LogP contribution in [-0.4, -0.2) is 20.2 Å². The molecule has 2 N–H and O–H groups in total. The highest BCUT2D eigenvalue weighted by Gasteiger charge is 2.13. The summed E-state index contributed by atoms with van der Waals surface area (Å²) in [6.45, 7) is 0. The van der Waals surface area contributed by atoms with Gasteiger partial charge in [0, 0.05) is 6.07 Å². The molecule has 2 aromatic heterocycles. The largest absolute Gasteiger partial charge is 0.411 e. The van der Waals surface area contributed by atoms with Crippen molar-refractivity contribution in [2.45, 2.75) is 10.2 Å². The first kappa shape index (κ1) is 14.1. The monoisotopic (exact) mass is 339 g/mol. The van der Waals surface area contributed by atoms with E-state index in [1.807, 2.05) is 12.1 Å². The highest BCUT2D eigenvalue weighted by Crippen LogP contribution is 2.31. The number of aromatic nitrogens is 4. The van der Waals surface area contributed by atoms with Crippen molar-refractivity contribution in [3.8, 4) is 11.5 Å². The molecule has 2 heterocycles. The molecule has 106 valence electrons. The summed E-state index contributed by atoms with van der Waals surface area (Å²) in [4.78, 5) is 7.80. The molecule has 1 aromatic carbocycles. The Labute approximate surface area is 133 Å². The van der Waals surface area contributed by atoms with Gasteiger partial charge in [0.1, 0.15) is 10.2 Å². The Morgan fingerprint density at radius 2 is 1.90 bits per heavy atom. The van der Waals surface area contributed by atoms with Crippen LogP contribution in [0.15, 0.2) is 45.0 Å². The maximum absolute atomic E-state index is 6.08. The molecular formula is C12H7Cl2N5OS. The van der Waals surface area contributed by atoms with Crippen molar-refractivity contribution < 1.29 is 4.42 Å². The van der Waals surface area contributed by atoms with E-state index in [0.29, 0.717) is 26.7 Å². The van der Waals surface area contributed by atoms with E-state index in [1.165, 1.54) is 0 Å². The number of nitrogens with zero attached hydrogens (tertiary/aromatic N) is 4. The van der Waals surface area contributed by atoms with Gasteiger partial charge in [0.2, 0.25) is 11.8 Å². The van der Waals surface area contributed by atoms with E-state index >= 15 is 0 Å². The lowest BCUT2D eigenvalue weighted by Gasteiger charge is -1.98. The van der Waals surface area contributed by atoms with Gasteiger partial charge in [-0.1, -0.05) is 35.3 Å². The second-order valence-electron chi connectivity index (χ2n) is 3.84. The molecule has 0 radical (unpaired) electrons. The van der Waals surface area contributed by atoms with Crippen molar-refractivity contribution in [3.63, 3.8) is 0 Å². The standard InChI is InChI=1S/C12H7Cl2N5OS/c13-7-4-2-1-3-6(7)10-18-19-12(20-10)21-9-5-8(14)16-11(15)17-9/h1-5H,(H2,15,16,17). The van der Waals surface area contributed by atoms with E-state index in [0.717, 1.165) is 11.8 Å². The van der Waals surface area contributed by atoms with E-state index < -0.39 is 0 Å². The zero-order chi connectivity index (χ0) is 14.8. The molecule has 0 unspecified atom stereocenters. The van der Waals surface area contributed by atoms with Crippen LogP contribution >= 0.6 is 35.0 Å². The van der Waals surface area contributed by atoms with Crippen molar-refractivity contribution in [2.75, 3.05) is 5.73 Å². The number of nitrogen functional groups attached to an aromatic ring is 1. The fourth-order valence-corrected chi connectivity index (χ4v) is 2.71. The average molecular weight is 340 g/mol. The quantitative estimate of drug-likeness (QED) is 0.729. The maximum atomic E-state index is 6.08. The van der Waals surface area contributed by atoms with E-state index in [4.69, 9.17) is 33.4 Å². The third kappa shape index (κ3) is 3.26. The van der Waals surface area contributed by atoms with Crippen LogP contribution in [0.25, 0.3) is 11.5 Å². The molecule has 3 rings (SSSR count). The zero-order valence-corrected chi connectivity index (χ0v) is 12.7. The fourth-order valence-electron chi connectivity index (χ4n) is 1.55. The van der Waals surface area contributed by atoms with Crippen LogP contribution in [0.3, 0.4) is 0 Å². The topological polar surface area (TPSA) is 90.7 Å². The minimum absolute atomic E-state index is 0.0795. The Hall–Kier alpha value is -1.83. The first-order valence-electron chi connectivity index (χ1n) is 5.68. The summed E-state index contributed by atoms with van der Waals surface area (Å²) < 4.78 is 5.55. The molecule has 0 saturated heterocycles. The van der Waals surface area contributed by atoms with Crippen molar-refractivity contribution >= 4 is 40.9 Å². The third-order valence-electron chi connectivity index (χ3n) is 2.39. The number of nitrogens with two attached hydrogens (primary N) is 1. The SMILES string of the molecule is Nc1nc(Cl)cc(Sc2nnc(-c3ccccc3Cl)o2)n1. The van der Waals surface area contributed by atoms with Gasteiger partial charge >= 0.3 is 0 Å². The number of hydrogen-bond donors (Lipinski definition) is 1. The summed E-state index contributed by atoms with van der Waals surface area (Å²) in [5.41, 5.74) is 6.19. The van der Waals surface area contributed by atoms with Gasteiger partial charge in [-0.25, -0.2) is 9.97 Å². The molecule has 0 amide bonds. The molecule has 0 fully saturated rings. The van der Waals surface area contributed by atoms with Crippen LogP contribution < -0.4 is 5.73 Å². The third-order valence-corrected chi connectivity index (χ3v) is 3.67. The van der Waals surface area contributed by atoms with Crippen LogP contribution in [0.5, 0.6) is 0 Å². The lowest BCUT2D eigenvalue weighted by Crippen LogP contribution is -1.95. The molecule has 0 bridgehead atoms. The second-order valence-corrected chi connectivity index (χ2v) is 5.61. The number of hydrogen-bond acceptors (Lipinski definition) is 7. The van der Waals surface area contributed by atoms with Crippen LogP contribution in [-0.2, 0) is 0 Å². The highest BCUT2D eigenvalue weighted by molar-refractivity contribution is 7.99. The van der Waals surface area contributed by atoms with Gasteiger partial charge in [-0.2, -0.15) is 0 Å². The maximum Gasteiger partial charge on any atom is 0.283 e. The van der Waals surface area contributed by atoms with E-state index in [2.05, 4.69) is 20.2 Å². The molecule has 0 aliphatic heterocycles. The first-order chi connectivity index (χ1) is 10.1. The van der Waals surface area contributed by atoms with Crippen molar-refractivity contribution in [3.05, 3.63) is 40.5 Å². The molecule has 9 heteroatoms. The van der Waals surface area contributed by atoms with Gasteiger partial charge < -0.3 is 10.2 Å². The molecule has 0 aliphatic rings. The summed E-state index contributed by atoms with van der Waals surface area (Å²) >= 11 is 13.0. The Kier molecular flexibility index (Phi) is 3.96. The number of benzene rings is 1. The van der Waals surface area contributed by atoms with Crippen LogP contribution in [0.2, 0.25) is 10.2 Å². The molecule has 3 aromatic rings. The summed E-state index contributed by atoms with van der Waals surface area (Å²) in [5, 5.41) is 9.49. The number of rotatable bonds is 3. The zero-order valence-electron chi connectivity index (χ0n) is 10.3.